The lowest BCUT2D eigenvalue weighted by Gasteiger charge is -2.27. The van der Waals surface area contributed by atoms with E-state index in [1.54, 1.807) is 11.1 Å². The van der Waals surface area contributed by atoms with E-state index in [0.717, 1.165) is 25.3 Å². The van der Waals surface area contributed by atoms with Crippen LogP contribution < -0.4 is 15.1 Å². The maximum Gasteiger partial charge on any atom is 0.230 e. The normalized spacial score (nSPS) is 17.4. The topological polar surface area (TPSA) is 87.7 Å². The van der Waals surface area contributed by atoms with E-state index in [1.807, 2.05) is 17.5 Å². The van der Waals surface area contributed by atoms with Crippen LogP contribution in [0.25, 0.3) is 0 Å². The van der Waals surface area contributed by atoms with E-state index in [4.69, 9.17) is 4.74 Å². The minimum atomic E-state index is -0.152. The molecule has 0 atom stereocenters. The number of morpholine rings is 1. The highest BCUT2D eigenvalue weighted by atomic mass is 32.1. The number of hydrogen-bond acceptors (Lipinski definition) is 7. The Morgan fingerprint density at radius 2 is 2.11 bits per heavy atom. The molecule has 2 aliphatic rings. The minimum Gasteiger partial charge on any atom is -0.378 e. The van der Waals surface area contributed by atoms with Gasteiger partial charge < -0.3 is 15.0 Å². The summed E-state index contributed by atoms with van der Waals surface area (Å²) in [6.45, 7) is 3.77. The van der Waals surface area contributed by atoms with Crippen molar-refractivity contribution >= 4 is 39.8 Å². The summed E-state index contributed by atoms with van der Waals surface area (Å²) in [5.41, 5.74) is 1.33. The first-order valence-electron chi connectivity index (χ1n) is 9.02. The number of rotatable bonds is 5. The van der Waals surface area contributed by atoms with Crippen LogP contribution in [0.1, 0.15) is 18.5 Å². The number of nitrogens with one attached hydrogen (secondary N) is 1. The lowest BCUT2D eigenvalue weighted by Crippen LogP contribution is -2.36. The second-order valence-electron chi connectivity index (χ2n) is 6.50. The van der Waals surface area contributed by atoms with Gasteiger partial charge in [0.25, 0.3) is 0 Å². The molecule has 8 nitrogen and oxygen atoms in total. The van der Waals surface area contributed by atoms with Crippen molar-refractivity contribution in [1.82, 2.24) is 9.97 Å². The van der Waals surface area contributed by atoms with E-state index in [-0.39, 0.29) is 18.2 Å². The van der Waals surface area contributed by atoms with Crippen LogP contribution in [0.4, 0.5) is 16.6 Å². The maximum atomic E-state index is 12.3. The zero-order valence-corrected chi connectivity index (χ0v) is 15.7. The SMILES string of the molecule is O=C(Cc1csc(N2CCCC2=O)n1)Nc1ccc(N2CCOCC2)nc1. The molecular weight excluding hydrogens is 366 g/mol. The summed E-state index contributed by atoms with van der Waals surface area (Å²) in [7, 11) is 0. The zero-order chi connectivity index (χ0) is 18.6. The molecule has 2 aliphatic heterocycles. The molecule has 4 rings (SSSR count). The maximum absolute atomic E-state index is 12.3. The van der Waals surface area contributed by atoms with Gasteiger partial charge in [-0.05, 0) is 18.6 Å². The number of ether oxygens (including phenoxy) is 1. The monoisotopic (exact) mass is 387 g/mol. The summed E-state index contributed by atoms with van der Waals surface area (Å²) in [4.78, 5) is 36.8. The largest absolute Gasteiger partial charge is 0.378 e. The fourth-order valence-corrected chi connectivity index (χ4v) is 4.03. The molecule has 27 heavy (non-hydrogen) atoms. The van der Waals surface area contributed by atoms with Crippen LogP contribution in [0.15, 0.2) is 23.7 Å². The Labute approximate surface area is 161 Å². The molecule has 0 unspecified atom stereocenters. The Bertz CT molecular complexity index is 817. The van der Waals surface area contributed by atoms with Crippen molar-refractivity contribution in [3.63, 3.8) is 0 Å². The Hall–Kier alpha value is -2.52. The van der Waals surface area contributed by atoms with Crippen LogP contribution in [-0.4, -0.2) is 54.6 Å². The van der Waals surface area contributed by atoms with E-state index < -0.39 is 0 Å². The summed E-state index contributed by atoms with van der Waals surface area (Å²) in [5.74, 6) is 0.836. The number of nitrogens with zero attached hydrogens (tertiary/aromatic N) is 4. The molecule has 2 saturated heterocycles. The summed E-state index contributed by atoms with van der Waals surface area (Å²) < 4.78 is 5.34. The second-order valence-corrected chi connectivity index (χ2v) is 7.34. The van der Waals surface area contributed by atoms with E-state index in [0.29, 0.717) is 42.7 Å². The molecule has 0 aliphatic carbocycles. The summed E-state index contributed by atoms with van der Waals surface area (Å²) in [5, 5.41) is 5.36. The first kappa shape index (κ1) is 17.9. The highest BCUT2D eigenvalue weighted by molar-refractivity contribution is 7.14. The van der Waals surface area contributed by atoms with Gasteiger partial charge in [0.05, 0.1) is 37.2 Å². The molecule has 4 heterocycles. The van der Waals surface area contributed by atoms with Gasteiger partial charge in [-0.1, -0.05) is 0 Å². The number of carbonyl (C=O) groups is 2. The Balaban J connectivity index is 1.32. The average molecular weight is 387 g/mol. The number of pyridine rings is 1. The molecule has 0 spiro atoms. The number of aromatic nitrogens is 2. The average Bonchev–Trinajstić information content (AvgIpc) is 3.31. The third kappa shape index (κ3) is 4.25. The van der Waals surface area contributed by atoms with Gasteiger partial charge in [0.15, 0.2) is 5.13 Å². The van der Waals surface area contributed by atoms with Crippen molar-refractivity contribution in [3.05, 3.63) is 29.4 Å². The first-order chi connectivity index (χ1) is 13.2. The molecule has 2 aromatic rings. The van der Waals surface area contributed by atoms with Crippen molar-refractivity contribution in [2.24, 2.45) is 0 Å². The van der Waals surface area contributed by atoms with Crippen LogP contribution in [-0.2, 0) is 20.7 Å². The number of carbonyl (C=O) groups excluding carboxylic acids is 2. The molecule has 0 bridgehead atoms. The van der Waals surface area contributed by atoms with Crippen molar-refractivity contribution < 1.29 is 14.3 Å². The molecule has 142 valence electrons. The molecule has 9 heteroatoms. The standard InChI is InChI=1S/C18H21N5O3S/c24-16(10-14-12-27-18(21-14)23-5-1-2-17(23)25)20-13-3-4-15(19-11-13)22-6-8-26-9-7-22/h3-4,11-12H,1-2,5-10H2,(H,20,24). The molecule has 2 aromatic heterocycles. The molecule has 0 saturated carbocycles. The van der Waals surface area contributed by atoms with E-state index in [9.17, 15) is 9.59 Å². The zero-order valence-electron chi connectivity index (χ0n) is 14.9. The number of amides is 2. The molecule has 0 radical (unpaired) electrons. The number of anilines is 3. The van der Waals surface area contributed by atoms with E-state index in [2.05, 4.69) is 20.2 Å². The Kier molecular flexibility index (Phi) is 5.30. The lowest BCUT2D eigenvalue weighted by atomic mass is 10.3. The molecule has 1 N–H and O–H groups in total. The van der Waals surface area contributed by atoms with Crippen molar-refractivity contribution in [3.8, 4) is 0 Å². The van der Waals surface area contributed by atoms with E-state index >= 15 is 0 Å². The fraction of sp³-hybridized carbons (Fsp3) is 0.444. The van der Waals surface area contributed by atoms with Gasteiger partial charge in [-0.15, -0.1) is 11.3 Å². The summed E-state index contributed by atoms with van der Waals surface area (Å²) >= 11 is 1.40. The van der Waals surface area contributed by atoms with Crippen LogP contribution >= 0.6 is 11.3 Å². The highest BCUT2D eigenvalue weighted by Crippen LogP contribution is 2.25. The van der Waals surface area contributed by atoms with Gasteiger partial charge in [0.2, 0.25) is 11.8 Å². The Morgan fingerprint density at radius 3 is 2.81 bits per heavy atom. The summed E-state index contributed by atoms with van der Waals surface area (Å²) in [6.07, 6.45) is 3.27. The van der Waals surface area contributed by atoms with Crippen LogP contribution in [0.5, 0.6) is 0 Å². The quantitative estimate of drug-likeness (QED) is 0.840. The predicted molar refractivity (Wildman–Crippen MR) is 103 cm³/mol. The van der Waals surface area contributed by atoms with Crippen molar-refractivity contribution in [1.29, 1.82) is 0 Å². The van der Waals surface area contributed by atoms with Gasteiger partial charge in [-0.25, -0.2) is 9.97 Å². The summed E-state index contributed by atoms with van der Waals surface area (Å²) in [6, 6.07) is 3.76. The van der Waals surface area contributed by atoms with Gasteiger partial charge in [-0.2, -0.15) is 0 Å². The van der Waals surface area contributed by atoms with Crippen LogP contribution in [0.3, 0.4) is 0 Å². The van der Waals surface area contributed by atoms with Crippen molar-refractivity contribution in [2.45, 2.75) is 19.3 Å². The molecule has 2 fully saturated rings. The highest BCUT2D eigenvalue weighted by Gasteiger charge is 2.24. The van der Waals surface area contributed by atoms with E-state index in [1.165, 1.54) is 11.3 Å². The van der Waals surface area contributed by atoms with Gasteiger partial charge in [-0.3, -0.25) is 14.5 Å². The molecular formula is C18H21N5O3S. The molecule has 0 aromatic carbocycles. The third-order valence-corrected chi connectivity index (χ3v) is 5.46. The van der Waals surface area contributed by atoms with Crippen LogP contribution in [0.2, 0.25) is 0 Å². The number of thiazole rings is 1. The smallest absolute Gasteiger partial charge is 0.230 e. The minimum absolute atomic E-state index is 0.104. The van der Waals surface area contributed by atoms with Gasteiger partial charge in [0, 0.05) is 31.4 Å². The van der Waals surface area contributed by atoms with Crippen molar-refractivity contribution in [2.75, 3.05) is 48.0 Å². The molecule has 2 amide bonds. The lowest BCUT2D eigenvalue weighted by molar-refractivity contribution is -0.117. The van der Waals surface area contributed by atoms with Gasteiger partial charge in [0.1, 0.15) is 5.82 Å². The second kappa shape index (κ2) is 8.01. The fourth-order valence-electron chi connectivity index (χ4n) is 3.16. The Morgan fingerprint density at radius 1 is 1.26 bits per heavy atom. The number of hydrogen-bond donors (Lipinski definition) is 1. The van der Waals surface area contributed by atoms with Gasteiger partial charge >= 0.3 is 0 Å². The predicted octanol–water partition coefficient (Wildman–Crippen LogP) is 1.68. The van der Waals surface area contributed by atoms with Crippen LogP contribution in [0, 0.1) is 0 Å². The third-order valence-electron chi connectivity index (χ3n) is 4.55. The first-order valence-corrected chi connectivity index (χ1v) is 9.90.